The maximum Gasteiger partial charge on any atom is 0.302 e. The van der Waals surface area contributed by atoms with Crippen LogP contribution in [-0.2, 0) is 28.6 Å². The molecule has 4 rings (SSSR count). The molecule has 6 nitrogen and oxygen atoms in total. The number of rotatable bonds is 9. The fourth-order valence-electron chi connectivity index (χ4n) is 9.65. The van der Waals surface area contributed by atoms with Crippen molar-refractivity contribution in [2.24, 2.45) is 46.3 Å². The molecule has 0 aromatic carbocycles. The molecule has 4 aliphatic carbocycles. The van der Waals surface area contributed by atoms with Gasteiger partial charge < -0.3 is 14.2 Å². The van der Waals surface area contributed by atoms with Gasteiger partial charge in [0.15, 0.2) is 0 Å². The quantitative estimate of drug-likeness (QED) is 0.176. The molecule has 10 atom stereocenters. The van der Waals surface area contributed by atoms with Gasteiger partial charge in [0, 0.05) is 33.1 Å². The van der Waals surface area contributed by atoms with Gasteiger partial charge in [0.05, 0.1) is 6.61 Å². The molecule has 3 unspecified atom stereocenters. The Hall–Kier alpha value is -1.85. The second-order valence-electron chi connectivity index (χ2n) is 14.0. The summed E-state index contributed by atoms with van der Waals surface area (Å²) >= 11 is 0. The topological polar surface area (TPSA) is 78.9 Å². The first-order valence-electron chi connectivity index (χ1n) is 15.5. The number of hydrogen-bond acceptors (Lipinski definition) is 6. The first-order chi connectivity index (χ1) is 18.3. The van der Waals surface area contributed by atoms with Crippen molar-refractivity contribution in [2.45, 2.75) is 125 Å². The Bertz CT molecular complexity index is 956. The van der Waals surface area contributed by atoms with Crippen LogP contribution in [0, 0.1) is 46.3 Å². The van der Waals surface area contributed by atoms with E-state index in [1.54, 1.807) is 6.92 Å². The first kappa shape index (κ1) is 30.1. The van der Waals surface area contributed by atoms with Crippen molar-refractivity contribution in [3.05, 3.63) is 11.6 Å². The van der Waals surface area contributed by atoms with Crippen LogP contribution in [0.5, 0.6) is 0 Å². The lowest BCUT2D eigenvalue weighted by Gasteiger charge is -2.58. The summed E-state index contributed by atoms with van der Waals surface area (Å²) in [4.78, 5) is 35.0. The van der Waals surface area contributed by atoms with Crippen molar-refractivity contribution in [3.63, 3.8) is 0 Å². The minimum absolute atomic E-state index is 0.0115. The van der Waals surface area contributed by atoms with Crippen LogP contribution in [0.2, 0.25) is 0 Å². The molecule has 0 heterocycles. The van der Waals surface area contributed by atoms with Gasteiger partial charge in [0.1, 0.15) is 12.2 Å². The van der Waals surface area contributed by atoms with Gasteiger partial charge in [-0.15, -0.1) is 0 Å². The van der Waals surface area contributed by atoms with E-state index in [0.717, 1.165) is 51.4 Å². The molecule has 0 bridgehead atoms. The van der Waals surface area contributed by atoms with Gasteiger partial charge in [-0.05, 0) is 85.4 Å². The minimum Gasteiger partial charge on any atom is -0.466 e. The summed E-state index contributed by atoms with van der Waals surface area (Å²) in [7, 11) is 0. The fourth-order valence-corrected chi connectivity index (χ4v) is 9.65. The molecule has 3 saturated carbocycles. The zero-order valence-corrected chi connectivity index (χ0v) is 25.4. The summed E-state index contributed by atoms with van der Waals surface area (Å²) in [5.74, 6) is 2.45. The molecule has 0 aromatic heterocycles. The summed E-state index contributed by atoms with van der Waals surface area (Å²) in [6, 6.07) is 0. The number of esters is 3. The average Bonchev–Trinajstić information content (AvgIpc) is 3.13. The smallest absolute Gasteiger partial charge is 0.302 e. The highest BCUT2D eigenvalue weighted by molar-refractivity contribution is 5.66. The molecule has 0 saturated heterocycles. The molecule has 0 amide bonds. The van der Waals surface area contributed by atoms with Crippen LogP contribution in [0.25, 0.3) is 0 Å². The molecule has 39 heavy (non-hydrogen) atoms. The Labute approximate surface area is 236 Å². The Morgan fingerprint density at radius 3 is 2.33 bits per heavy atom. The molecule has 0 aliphatic heterocycles. The van der Waals surface area contributed by atoms with Gasteiger partial charge in [0.25, 0.3) is 0 Å². The van der Waals surface area contributed by atoms with Gasteiger partial charge >= 0.3 is 17.9 Å². The van der Waals surface area contributed by atoms with E-state index in [9.17, 15) is 14.4 Å². The predicted octanol–water partition coefficient (Wildman–Crippen LogP) is 7.04. The number of fused-ring (bicyclic) bond motifs is 5. The van der Waals surface area contributed by atoms with Gasteiger partial charge in [-0.2, -0.15) is 0 Å². The third-order valence-corrected chi connectivity index (χ3v) is 11.3. The van der Waals surface area contributed by atoms with E-state index in [2.05, 4.69) is 33.8 Å². The van der Waals surface area contributed by atoms with Crippen LogP contribution in [-0.4, -0.2) is 36.7 Å². The van der Waals surface area contributed by atoms with E-state index in [1.807, 2.05) is 0 Å². The molecule has 0 N–H and O–H groups in total. The number of allylic oxidation sites excluding steroid dienone is 1. The van der Waals surface area contributed by atoms with Crippen molar-refractivity contribution < 1.29 is 28.6 Å². The first-order valence-corrected chi connectivity index (χ1v) is 15.5. The Balaban J connectivity index is 1.48. The van der Waals surface area contributed by atoms with Crippen molar-refractivity contribution in [3.8, 4) is 0 Å². The second kappa shape index (κ2) is 11.9. The normalized spacial score (nSPS) is 38.8. The van der Waals surface area contributed by atoms with E-state index in [0.29, 0.717) is 42.1 Å². The van der Waals surface area contributed by atoms with Gasteiger partial charge in [-0.3, -0.25) is 14.4 Å². The van der Waals surface area contributed by atoms with Crippen molar-refractivity contribution in [2.75, 3.05) is 6.61 Å². The van der Waals surface area contributed by atoms with E-state index in [-0.39, 0.29) is 40.9 Å². The molecular weight excluding hydrogens is 492 g/mol. The van der Waals surface area contributed by atoms with Crippen molar-refractivity contribution >= 4 is 17.9 Å². The third kappa shape index (κ3) is 6.25. The molecular formula is C33H52O6. The van der Waals surface area contributed by atoms with E-state index in [1.165, 1.54) is 32.3 Å². The molecule has 3 fully saturated rings. The lowest BCUT2D eigenvalue weighted by molar-refractivity contribution is -0.151. The fraction of sp³-hybridized carbons (Fsp3) is 0.848. The summed E-state index contributed by atoms with van der Waals surface area (Å²) < 4.78 is 16.9. The maximum atomic E-state index is 12.2. The molecule has 4 aliphatic rings. The highest BCUT2D eigenvalue weighted by Gasteiger charge is 2.62. The van der Waals surface area contributed by atoms with Crippen LogP contribution < -0.4 is 0 Å². The number of carbonyl (C=O) groups excluding carboxylic acids is 3. The van der Waals surface area contributed by atoms with Gasteiger partial charge in [-0.1, -0.05) is 52.2 Å². The highest BCUT2D eigenvalue weighted by Crippen LogP contribution is 2.67. The molecule has 6 heteroatoms. The molecule has 220 valence electrons. The molecule has 0 spiro atoms. The van der Waals surface area contributed by atoms with Crippen molar-refractivity contribution in [1.29, 1.82) is 0 Å². The maximum absolute atomic E-state index is 12.2. The number of carbonyl (C=O) groups is 3. The summed E-state index contributed by atoms with van der Waals surface area (Å²) in [6.45, 7) is 14.5. The highest BCUT2D eigenvalue weighted by atomic mass is 16.5. The monoisotopic (exact) mass is 544 g/mol. The predicted molar refractivity (Wildman–Crippen MR) is 150 cm³/mol. The zero-order chi connectivity index (χ0) is 28.5. The summed E-state index contributed by atoms with van der Waals surface area (Å²) in [5, 5.41) is 0. The Morgan fingerprint density at radius 2 is 1.67 bits per heavy atom. The third-order valence-electron chi connectivity index (χ3n) is 11.3. The van der Waals surface area contributed by atoms with Crippen molar-refractivity contribution in [1.82, 2.24) is 0 Å². The van der Waals surface area contributed by atoms with Crippen LogP contribution in [0.4, 0.5) is 0 Å². The van der Waals surface area contributed by atoms with E-state index < -0.39 is 0 Å². The minimum atomic E-state index is -0.212. The second-order valence-corrected chi connectivity index (χ2v) is 14.0. The zero-order valence-electron chi connectivity index (χ0n) is 25.4. The lowest BCUT2D eigenvalue weighted by Crippen LogP contribution is -2.51. The Kier molecular flexibility index (Phi) is 9.22. The number of ether oxygens (including phenoxy) is 3. The summed E-state index contributed by atoms with van der Waals surface area (Å²) in [6.07, 6.45) is 13.1. The van der Waals surface area contributed by atoms with Crippen LogP contribution in [0.15, 0.2) is 11.6 Å². The Morgan fingerprint density at radius 1 is 0.949 bits per heavy atom. The van der Waals surface area contributed by atoms with Crippen LogP contribution >= 0.6 is 0 Å². The largest absolute Gasteiger partial charge is 0.466 e. The molecule has 0 radical (unpaired) electrons. The standard InChI is InChI=1S/C33H52O6/c1-20(19-37-22(3)34)9-8-10-21(2)31-30(39-24(5)36)18-29-27-12-11-25-17-26(38-23(4)35)13-15-32(25,6)28(27)14-16-33(29,31)7/h11,20-21,26-31H,8-10,12-19H2,1-7H3/t20?,21-,26?,27-,28+,29+,30?,31+,32+,33+/m1/s1. The van der Waals surface area contributed by atoms with Gasteiger partial charge in [0.2, 0.25) is 0 Å². The summed E-state index contributed by atoms with van der Waals surface area (Å²) in [5.41, 5.74) is 1.85. The van der Waals surface area contributed by atoms with Gasteiger partial charge in [-0.25, -0.2) is 0 Å². The van der Waals surface area contributed by atoms with E-state index in [4.69, 9.17) is 14.2 Å². The average molecular weight is 545 g/mol. The SMILES string of the molecule is CC(=O)OCC(C)CCC[C@@H](C)[C@H]1C(OC(C)=O)C[C@H]2[C@@H]3CC=C4CC(OC(C)=O)CC[C@]4(C)[C@H]3CC[C@]12C. The van der Waals surface area contributed by atoms with E-state index >= 15 is 0 Å². The molecule has 0 aromatic rings. The van der Waals surface area contributed by atoms with Crippen LogP contribution in [0.1, 0.15) is 113 Å². The number of hydrogen-bond donors (Lipinski definition) is 0. The lowest BCUT2D eigenvalue weighted by atomic mass is 9.47. The van der Waals surface area contributed by atoms with Crippen LogP contribution in [0.3, 0.4) is 0 Å².